The van der Waals surface area contributed by atoms with E-state index in [2.05, 4.69) is 15.6 Å². The molecule has 5 nitrogen and oxygen atoms in total. The fraction of sp³-hybridized carbons (Fsp3) is 0.846. The lowest BCUT2D eigenvalue weighted by Gasteiger charge is -2.21. The number of likely N-dealkylation sites (tertiary alicyclic amines) is 1. The van der Waals surface area contributed by atoms with E-state index in [1.54, 1.807) is 7.05 Å². The maximum atomic E-state index is 12.3. The molecular formula is C13H25IN4O. The second-order valence-electron chi connectivity index (χ2n) is 5.22. The van der Waals surface area contributed by atoms with Crippen LogP contribution >= 0.6 is 24.0 Å². The Hall–Kier alpha value is -0.530. The van der Waals surface area contributed by atoms with E-state index in [-0.39, 0.29) is 24.0 Å². The predicted molar refractivity (Wildman–Crippen MR) is 87.9 cm³/mol. The van der Waals surface area contributed by atoms with Gasteiger partial charge in [-0.05, 0) is 19.3 Å². The zero-order valence-corrected chi connectivity index (χ0v) is 14.1. The molecule has 0 spiro atoms. The van der Waals surface area contributed by atoms with E-state index in [1.165, 1.54) is 12.8 Å². The number of guanidine groups is 1. The minimum absolute atomic E-state index is 0. The van der Waals surface area contributed by atoms with E-state index < -0.39 is 0 Å². The second kappa shape index (κ2) is 7.91. The summed E-state index contributed by atoms with van der Waals surface area (Å²) in [5, 5.41) is 6.35. The Balaban J connectivity index is 0.00000180. The Kier molecular flexibility index (Phi) is 6.88. The zero-order valence-electron chi connectivity index (χ0n) is 11.8. The summed E-state index contributed by atoms with van der Waals surface area (Å²) >= 11 is 0. The third kappa shape index (κ3) is 4.22. The fourth-order valence-corrected chi connectivity index (χ4v) is 2.95. The SMILES string of the molecule is CN=C(NC)NC1CCN(C(=O)C2CCCC2)C1.I. The van der Waals surface area contributed by atoms with Crippen molar-refractivity contribution < 1.29 is 4.79 Å². The van der Waals surface area contributed by atoms with Gasteiger partial charge in [0.2, 0.25) is 5.91 Å². The van der Waals surface area contributed by atoms with Gasteiger partial charge in [0.25, 0.3) is 0 Å². The maximum absolute atomic E-state index is 12.3. The second-order valence-corrected chi connectivity index (χ2v) is 5.22. The topological polar surface area (TPSA) is 56.7 Å². The quantitative estimate of drug-likeness (QED) is 0.430. The van der Waals surface area contributed by atoms with Crippen LogP contribution in [0.3, 0.4) is 0 Å². The van der Waals surface area contributed by atoms with Crippen LogP contribution in [0, 0.1) is 5.92 Å². The molecule has 6 heteroatoms. The van der Waals surface area contributed by atoms with Crippen LogP contribution in [-0.2, 0) is 4.79 Å². The first kappa shape index (κ1) is 16.5. The van der Waals surface area contributed by atoms with Crippen LogP contribution in [0.2, 0.25) is 0 Å². The van der Waals surface area contributed by atoms with Gasteiger partial charge in [0.15, 0.2) is 5.96 Å². The molecule has 2 aliphatic rings. The third-order valence-electron chi connectivity index (χ3n) is 4.01. The van der Waals surface area contributed by atoms with Crippen LogP contribution in [0.5, 0.6) is 0 Å². The standard InChI is InChI=1S/C13H24N4O.HI/c1-14-13(15-2)16-11-7-8-17(9-11)12(18)10-5-3-4-6-10;/h10-11H,3-9H2,1-2H3,(H2,14,15,16);1H. The van der Waals surface area contributed by atoms with Crippen molar-refractivity contribution in [2.75, 3.05) is 27.2 Å². The smallest absolute Gasteiger partial charge is 0.225 e. The van der Waals surface area contributed by atoms with Crippen molar-refractivity contribution in [3.05, 3.63) is 0 Å². The van der Waals surface area contributed by atoms with Gasteiger partial charge >= 0.3 is 0 Å². The average Bonchev–Trinajstić information content (AvgIpc) is 3.06. The summed E-state index contributed by atoms with van der Waals surface area (Å²) in [7, 11) is 3.61. The highest BCUT2D eigenvalue weighted by molar-refractivity contribution is 14.0. The summed E-state index contributed by atoms with van der Waals surface area (Å²) in [6.45, 7) is 1.70. The molecule has 1 aliphatic heterocycles. The Morgan fingerprint density at radius 1 is 1.26 bits per heavy atom. The molecule has 1 atom stereocenters. The zero-order chi connectivity index (χ0) is 13.0. The Labute approximate surface area is 132 Å². The molecule has 1 aliphatic carbocycles. The van der Waals surface area contributed by atoms with Crippen LogP contribution in [0.1, 0.15) is 32.1 Å². The largest absolute Gasteiger partial charge is 0.359 e. The van der Waals surface area contributed by atoms with Crippen molar-refractivity contribution in [1.82, 2.24) is 15.5 Å². The highest BCUT2D eigenvalue weighted by Gasteiger charge is 2.32. The Morgan fingerprint density at radius 3 is 2.53 bits per heavy atom. The summed E-state index contributed by atoms with van der Waals surface area (Å²) in [6, 6.07) is 0.335. The van der Waals surface area contributed by atoms with Gasteiger partial charge in [0, 0.05) is 39.1 Å². The lowest BCUT2D eigenvalue weighted by Crippen LogP contribution is -2.44. The van der Waals surface area contributed by atoms with Gasteiger partial charge in [-0.15, -0.1) is 24.0 Å². The molecule has 1 heterocycles. The number of hydrogen-bond donors (Lipinski definition) is 2. The molecular weight excluding hydrogens is 355 g/mol. The van der Waals surface area contributed by atoms with Crippen LogP contribution in [-0.4, -0.2) is 50.0 Å². The first-order valence-corrected chi connectivity index (χ1v) is 6.94. The molecule has 1 saturated heterocycles. The van der Waals surface area contributed by atoms with Gasteiger partial charge < -0.3 is 15.5 Å². The monoisotopic (exact) mass is 380 g/mol. The van der Waals surface area contributed by atoms with E-state index in [9.17, 15) is 4.79 Å². The van der Waals surface area contributed by atoms with Crippen molar-refractivity contribution in [2.45, 2.75) is 38.1 Å². The number of hydrogen-bond acceptors (Lipinski definition) is 2. The van der Waals surface area contributed by atoms with E-state index in [0.717, 1.165) is 38.3 Å². The molecule has 1 saturated carbocycles. The molecule has 2 N–H and O–H groups in total. The van der Waals surface area contributed by atoms with E-state index in [4.69, 9.17) is 0 Å². The molecule has 19 heavy (non-hydrogen) atoms. The van der Waals surface area contributed by atoms with Gasteiger partial charge in [0.05, 0.1) is 0 Å². The Bertz CT molecular complexity index is 329. The first-order chi connectivity index (χ1) is 8.74. The highest BCUT2D eigenvalue weighted by Crippen LogP contribution is 2.27. The van der Waals surface area contributed by atoms with Gasteiger partial charge in [-0.2, -0.15) is 0 Å². The summed E-state index contributed by atoms with van der Waals surface area (Å²) in [5.74, 6) is 1.47. The minimum atomic E-state index is 0. The van der Waals surface area contributed by atoms with E-state index >= 15 is 0 Å². The molecule has 0 aromatic rings. The third-order valence-corrected chi connectivity index (χ3v) is 4.01. The summed E-state index contributed by atoms with van der Waals surface area (Å²) in [6.07, 6.45) is 5.63. The van der Waals surface area contributed by atoms with Crippen LogP contribution in [0.25, 0.3) is 0 Å². The number of nitrogens with one attached hydrogen (secondary N) is 2. The lowest BCUT2D eigenvalue weighted by molar-refractivity contribution is -0.134. The van der Waals surface area contributed by atoms with Crippen molar-refractivity contribution in [3.63, 3.8) is 0 Å². The summed E-state index contributed by atoms with van der Waals surface area (Å²) < 4.78 is 0. The molecule has 1 unspecified atom stereocenters. The number of aliphatic imine (C=N–C) groups is 1. The van der Waals surface area contributed by atoms with Crippen LogP contribution in [0.4, 0.5) is 0 Å². The van der Waals surface area contributed by atoms with Crippen LogP contribution < -0.4 is 10.6 Å². The summed E-state index contributed by atoms with van der Waals surface area (Å²) in [4.78, 5) is 18.4. The average molecular weight is 380 g/mol. The minimum Gasteiger partial charge on any atom is -0.359 e. The van der Waals surface area contributed by atoms with E-state index in [1.807, 2.05) is 11.9 Å². The molecule has 0 aromatic heterocycles. The van der Waals surface area contributed by atoms with Gasteiger partial charge in [-0.25, -0.2) is 0 Å². The summed E-state index contributed by atoms with van der Waals surface area (Å²) in [5.41, 5.74) is 0. The van der Waals surface area contributed by atoms with E-state index in [0.29, 0.717) is 17.9 Å². The maximum Gasteiger partial charge on any atom is 0.225 e. The van der Waals surface area contributed by atoms with Crippen molar-refractivity contribution in [3.8, 4) is 0 Å². The molecule has 0 aromatic carbocycles. The van der Waals surface area contributed by atoms with Gasteiger partial charge in [-0.1, -0.05) is 12.8 Å². The van der Waals surface area contributed by atoms with Crippen LogP contribution in [0.15, 0.2) is 4.99 Å². The number of halogens is 1. The number of carbonyl (C=O) groups excluding carboxylic acids is 1. The number of rotatable bonds is 2. The van der Waals surface area contributed by atoms with Crippen molar-refractivity contribution in [1.29, 1.82) is 0 Å². The molecule has 2 fully saturated rings. The number of amides is 1. The number of carbonyl (C=O) groups is 1. The number of nitrogens with zero attached hydrogens (tertiary/aromatic N) is 2. The molecule has 1 amide bonds. The van der Waals surface area contributed by atoms with Gasteiger partial charge in [0.1, 0.15) is 0 Å². The molecule has 110 valence electrons. The van der Waals surface area contributed by atoms with Gasteiger partial charge in [-0.3, -0.25) is 9.79 Å². The normalized spacial score (nSPS) is 24.2. The molecule has 0 bridgehead atoms. The predicted octanol–water partition coefficient (Wildman–Crippen LogP) is 1.19. The fourth-order valence-electron chi connectivity index (χ4n) is 2.95. The molecule has 0 radical (unpaired) electrons. The molecule has 2 rings (SSSR count). The highest BCUT2D eigenvalue weighted by atomic mass is 127. The lowest BCUT2D eigenvalue weighted by atomic mass is 10.1. The Morgan fingerprint density at radius 2 is 1.95 bits per heavy atom. The van der Waals surface area contributed by atoms with Crippen molar-refractivity contribution >= 4 is 35.8 Å². The first-order valence-electron chi connectivity index (χ1n) is 6.94. The van der Waals surface area contributed by atoms with Crippen molar-refractivity contribution in [2.24, 2.45) is 10.9 Å².